The average molecular weight is 287 g/mol. The zero-order valence-electron chi connectivity index (χ0n) is 10.5. The van der Waals surface area contributed by atoms with Crippen molar-refractivity contribution in [2.75, 3.05) is 11.4 Å². The smallest absolute Gasteiger partial charge is 0.260 e. The average Bonchev–Trinajstić information content (AvgIpc) is 2.44. The molecule has 0 atom stereocenters. The van der Waals surface area contributed by atoms with Crippen LogP contribution in [0.25, 0.3) is 0 Å². The van der Waals surface area contributed by atoms with Gasteiger partial charge in [-0.25, -0.2) is 4.39 Å². The van der Waals surface area contributed by atoms with E-state index in [1.165, 1.54) is 17.0 Å². The molecule has 0 aliphatic rings. The number of nitrogens with zero attached hydrogens (tertiary/aromatic N) is 1. The molecule has 1 nitrogen and oxygen atoms in total. The van der Waals surface area contributed by atoms with Gasteiger partial charge in [0.2, 0.25) is 0 Å². The highest BCUT2D eigenvalue weighted by Crippen LogP contribution is 2.14. The van der Waals surface area contributed by atoms with Crippen molar-refractivity contribution in [1.82, 2.24) is 0 Å². The van der Waals surface area contributed by atoms with E-state index in [4.69, 9.17) is 0 Å². The largest absolute Gasteiger partial charge is 0.297 e. The molecule has 2 rings (SSSR count). The summed E-state index contributed by atoms with van der Waals surface area (Å²) in [4.78, 5) is 1.28. The van der Waals surface area contributed by atoms with Gasteiger partial charge in [0.1, 0.15) is 5.82 Å². The molecule has 0 aromatic heterocycles. The van der Waals surface area contributed by atoms with Crippen molar-refractivity contribution in [3.05, 3.63) is 66.0 Å². The molecule has 0 saturated carbocycles. The fraction of sp³-hybridized carbons (Fsp3) is 0.0625. The summed E-state index contributed by atoms with van der Waals surface area (Å²) in [6.07, 6.45) is 0. The number of hydrogen-bond acceptors (Lipinski definition) is 1. The first-order valence-electron chi connectivity index (χ1n) is 5.93. The molecule has 0 bridgehead atoms. The Bertz CT molecular complexity index is 659. The molecule has 0 radical (unpaired) electrons. The molecule has 0 unspecified atom stereocenters. The van der Waals surface area contributed by atoms with Crippen molar-refractivity contribution >= 4 is 23.1 Å². The monoisotopic (exact) mass is 287 g/mol. The Morgan fingerprint density at radius 1 is 1.10 bits per heavy atom. The molecule has 0 amide bonds. The Morgan fingerprint density at radius 2 is 1.85 bits per heavy atom. The first-order chi connectivity index (χ1) is 9.66. The van der Waals surface area contributed by atoms with Crippen molar-refractivity contribution in [2.24, 2.45) is 0 Å². The van der Waals surface area contributed by atoms with Gasteiger partial charge in [-0.15, -0.1) is 0 Å². The van der Waals surface area contributed by atoms with E-state index in [0.29, 0.717) is 11.3 Å². The Hall–Kier alpha value is -2.25. The molecule has 2 aromatic carbocycles. The number of anilines is 1. The van der Waals surface area contributed by atoms with Gasteiger partial charge in [-0.3, -0.25) is 4.90 Å². The number of halogens is 2. The van der Waals surface area contributed by atoms with Crippen LogP contribution in [0.15, 0.2) is 54.6 Å². The van der Waals surface area contributed by atoms with E-state index in [2.05, 4.69) is 24.1 Å². The highest BCUT2D eigenvalue weighted by molar-refractivity contribution is 7.80. The quantitative estimate of drug-likeness (QED) is 0.356. The first-order valence-corrected chi connectivity index (χ1v) is 6.34. The number of rotatable bonds is 2. The zero-order valence-corrected chi connectivity index (χ0v) is 11.3. The van der Waals surface area contributed by atoms with Gasteiger partial charge in [0.05, 0.1) is 6.54 Å². The summed E-state index contributed by atoms with van der Waals surface area (Å²) in [6.45, 7) is 0.107. The maximum atomic E-state index is 13.4. The third kappa shape index (κ3) is 3.87. The van der Waals surface area contributed by atoms with Gasteiger partial charge in [-0.1, -0.05) is 36.1 Å². The highest BCUT2D eigenvalue weighted by Gasteiger charge is 2.09. The predicted octanol–water partition coefficient (Wildman–Crippen LogP) is 3.94. The van der Waals surface area contributed by atoms with E-state index in [1.54, 1.807) is 36.4 Å². The lowest BCUT2D eigenvalue weighted by Crippen LogP contribution is -2.26. The minimum absolute atomic E-state index is 0.107. The molecule has 0 fully saturated rings. The van der Waals surface area contributed by atoms with Crippen LogP contribution in [-0.4, -0.2) is 11.8 Å². The van der Waals surface area contributed by atoms with E-state index in [1.807, 2.05) is 6.07 Å². The maximum Gasteiger partial charge on any atom is 0.260 e. The van der Waals surface area contributed by atoms with Gasteiger partial charge in [0.25, 0.3) is 5.24 Å². The molecule has 0 aliphatic heterocycles. The van der Waals surface area contributed by atoms with E-state index in [0.717, 1.165) is 0 Å². The van der Waals surface area contributed by atoms with Crippen molar-refractivity contribution < 1.29 is 8.78 Å². The molecule has 4 heteroatoms. The highest BCUT2D eigenvalue weighted by atomic mass is 32.1. The van der Waals surface area contributed by atoms with Crippen LogP contribution < -0.4 is 4.90 Å². The molecule has 0 spiro atoms. The molecular formula is C16H11F2NS. The van der Waals surface area contributed by atoms with Crippen molar-refractivity contribution in [3.8, 4) is 11.8 Å². The van der Waals surface area contributed by atoms with Crippen LogP contribution in [0.1, 0.15) is 5.56 Å². The summed E-state index contributed by atoms with van der Waals surface area (Å²) >= 11 is 4.58. The Morgan fingerprint density at radius 3 is 2.50 bits per heavy atom. The molecule has 0 heterocycles. The van der Waals surface area contributed by atoms with Gasteiger partial charge >= 0.3 is 0 Å². The summed E-state index contributed by atoms with van der Waals surface area (Å²) in [5.41, 5.74) is 1.18. The Balaban J connectivity index is 2.13. The number of thiocarbonyl (C=S) groups is 1. The topological polar surface area (TPSA) is 3.24 Å². The van der Waals surface area contributed by atoms with Crippen molar-refractivity contribution in [1.29, 1.82) is 0 Å². The lowest BCUT2D eigenvalue weighted by atomic mass is 10.2. The molecule has 2 aromatic rings. The summed E-state index contributed by atoms with van der Waals surface area (Å²) in [7, 11) is 0. The van der Waals surface area contributed by atoms with E-state index in [9.17, 15) is 8.78 Å². The van der Waals surface area contributed by atoms with Gasteiger partial charge in [-0.05, 0) is 42.5 Å². The van der Waals surface area contributed by atoms with Gasteiger partial charge in [-0.2, -0.15) is 4.39 Å². The number of hydrogen-bond donors (Lipinski definition) is 0. The predicted molar refractivity (Wildman–Crippen MR) is 80.8 cm³/mol. The molecule has 20 heavy (non-hydrogen) atoms. The SMILES string of the molecule is FC(=S)N(CC#Cc1cccc(F)c1)c1ccccc1. The second-order valence-electron chi connectivity index (χ2n) is 3.99. The third-order valence-electron chi connectivity index (χ3n) is 2.57. The van der Waals surface area contributed by atoms with Crippen LogP contribution in [-0.2, 0) is 0 Å². The Labute approximate surface area is 121 Å². The molecular weight excluding hydrogens is 276 g/mol. The summed E-state index contributed by atoms with van der Waals surface area (Å²) in [6, 6.07) is 14.9. The summed E-state index contributed by atoms with van der Waals surface area (Å²) in [5, 5.41) is -0.746. The van der Waals surface area contributed by atoms with Crippen LogP contribution in [0.4, 0.5) is 14.5 Å². The molecule has 0 saturated heterocycles. The number of para-hydroxylation sites is 1. The molecule has 100 valence electrons. The lowest BCUT2D eigenvalue weighted by molar-refractivity contribution is 0.627. The fourth-order valence-electron chi connectivity index (χ4n) is 1.65. The van der Waals surface area contributed by atoms with Crippen LogP contribution in [0.2, 0.25) is 0 Å². The van der Waals surface area contributed by atoms with Crippen LogP contribution in [0.5, 0.6) is 0 Å². The Kier molecular flexibility index (Phi) is 4.80. The van der Waals surface area contributed by atoms with Crippen molar-refractivity contribution in [2.45, 2.75) is 0 Å². The van der Waals surface area contributed by atoms with Crippen molar-refractivity contribution in [3.63, 3.8) is 0 Å². The summed E-state index contributed by atoms with van der Waals surface area (Å²) in [5.74, 6) is 5.22. The molecule has 0 N–H and O–H groups in total. The second kappa shape index (κ2) is 6.78. The van der Waals surface area contributed by atoms with Gasteiger partial charge < -0.3 is 0 Å². The lowest BCUT2D eigenvalue weighted by Gasteiger charge is -2.17. The molecule has 0 aliphatic carbocycles. The van der Waals surface area contributed by atoms with Crippen LogP contribution in [0.3, 0.4) is 0 Å². The first kappa shape index (κ1) is 14.2. The van der Waals surface area contributed by atoms with E-state index in [-0.39, 0.29) is 12.4 Å². The van der Waals surface area contributed by atoms with Crippen LogP contribution in [0, 0.1) is 17.7 Å². The standard InChI is InChI=1S/C16H11F2NS/c17-14-8-4-6-13(12-14)7-5-11-19(16(18)20)15-9-2-1-3-10-15/h1-4,6,8-10,12H,11H2. The number of benzene rings is 2. The normalized spacial score (nSPS) is 9.50. The zero-order chi connectivity index (χ0) is 14.4. The summed E-state index contributed by atoms with van der Waals surface area (Å²) < 4.78 is 26.4. The maximum absolute atomic E-state index is 13.4. The minimum atomic E-state index is -0.746. The fourth-order valence-corrected chi connectivity index (χ4v) is 1.82. The van der Waals surface area contributed by atoms with Gasteiger partial charge in [0, 0.05) is 11.3 Å². The van der Waals surface area contributed by atoms with Gasteiger partial charge in [0.15, 0.2) is 0 Å². The van der Waals surface area contributed by atoms with E-state index >= 15 is 0 Å². The van der Waals surface area contributed by atoms with E-state index < -0.39 is 5.24 Å². The second-order valence-corrected chi connectivity index (χ2v) is 4.32. The third-order valence-corrected chi connectivity index (χ3v) is 2.79. The van der Waals surface area contributed by atoms with Crippen LogP contribution >= 0.6 is 12.2 Å². The minimum Gasteiger partial charge on any atom is -0.297 e.